The van der Waals surface area contributed by atoms with Gasteiger partial charge in [0.15, 0.2) is 0 Å². The zero-order valence-corrected chi connectivity index (χ0v) is 11.8. The van der Waals surface area contributed by atoms with Crippen molar-refractivity contribution < 1.29 is 0 Å². The Morgan fingerprint density at radius 3 is 2.85 bits per heavy atom. The highest BCUT2D eigenvalue weighted by atomic mass is 15.4. The van der Waals surface area contributed by atoms with Crippen molar-refractivity contribution in [3.63, 3.8) is 0 Å². The minimum absolute atomic E-state index is 0.842. The first-order chi connectivity index (χ1) is 9.90. The number of rotatable bonds is 8. The number of aromatic nitrogens is 3. The monoisotopic (exact) mass is 270 g/mol. The smallest absolute Gasteiger partial charge is 0.0964 e. The van der Waals surface area contributed by atoms with Gasteiger partial charge in [-0.15, -0.1) is 5.10 Å². The lowest BCUT2D eigenvalue weighted by Gasteiger charge is -2.01. The number of aryl methyl sites for hydroxylation is 2. The Balaban J connectivity index is 1.38. The second-order valence-corrected chi connectivity index (χ2v) is 5.64. The maximum Gasteiger partial charge on any atom is 0.0964 e. The summed E-state index contributed by atoms with van der Waals surface area (Å²) in [7, 11) is 0. The van der Waals surface area contributed by atoms with Gasteiger partial charge in [0.2, 0.25) is 0 Å². The summed E-state index contributed by atoms with van der Waals surface area (Å²) in [6, 6.07) is 10.6. The van der Waals surface area contributed by atoms with Crippen LogP contribution in [0.1, 0.15) is 30.5 Å². The number of nitrogens with one attached hydrogen (secondary N) is 1. The Hall–Kier alpha value is -1.68. The summed E-state index contributed by atoms with van der Waals surface area (Å²) in [4.78, 5) is 0. The molecular formula is C16H22N4. The van der Waals surface area contributed by atoms with Crippen LogP contribution in [-0.2, 0) is 19.5 Å². The lowest BCUT2D eigenvalue weighted by atomic mass is 10.1. The third-order valence-corrected chi connectivity index (χ3v) is 3.72. The molecule has 1 aromatic carbocycles. The maximum absolute atomic E-state index is 4.21. The topological polar surface area (TPSA) is 42.7 Å². The van der Waals surface area contributed by atoms with Gasteiger partial charge in [-0.05, 0) is 43.7 Å². The molecule has 0 bridgehead atoms. The molecule has 1 aromatic heterocycles. The minimum Gasteiger partial charge on any atom is -0.311 e. The first-order valence-electron chi connectivity index (χ1n) is 7.54. The number of benzene rings is 1. The third kappa shape index (κ3) is 4.17. The fraction of sp³-hybridized carbons (Fsp3) is 0.500. The van der Waals surface area contributed by atoms with E-state index < -0.39 is 0 Å². The molecular weight excluding hydrogens is 248 g/mol. The minimum atomic E-state index is 0.842. The summed E-state index contributed by atoms with van der Waals surface area (Å²) in [5, 5.41) is 11.8. The van der Waals surface area contributed by atoms with E-state index in [1.807, 2.05) is 4.68 Å². The van der Waals surface area contributed by atoms with Crippen molar-refractivity contribution in [3.05, 3.63) is 47.8 Å². The van der Waals surface area contributed by atoms with E-state index in [1.54, 1.807) is 0 Å². The van der Waals surface area contributed by atoms with Gasteiger partial charge in [0.1, 0.15) is 0 Å². The number of hydrogen-bond donors (Lipinski definition) is 1. The molecule has 1 aliphatic rings. The molecule has 1 N–H and O–H groups in total. The molecule has 4 nitrogen and oxygen atoms in total. The van der Waals surface area contributed by atoms with E-state index in [2.05, 4.69) is 52.2 Å². The first kappa shape index (κ1) is 13.3. The molecule has 1 heterocycles. The summed E-state index contributed by atoms with van der Waals surface area (Å²) in [5.41, 5.74) is 2.43. The van der Waals surface area contributed by atoms with Gasteiger partial charge in [-0.25, -0.2) is 0 Å². The molecule has 106 valence electrons. The molecule has 2 aromatic rings. The van der Waals surface area contributed by atoms with E-state index in [9.17, 15) is 0 Å². The number of nitrogens with zero attached hydrogens (tertiary/aromatic N) is 3. The Morgan fingerprint density at radius 1 is 1.20 bits per heavy atom. The van der Waals surface area contributed by atoms with E-state index in [-0.39, 0.29) is 0 Å². The standard InChI is InChI=1S/C16H22N4/c1-2-5-14(6-3-1)7-4-10-20-13-16(18-19-20)12-17-11-15-8-9-15/h1-3,5-6,13,15,17H,4,7-12H2. The maximum atomic E-state index is 4.21. The molecule has 4 heteroatoms. The van der Waals surface area contributed by atoms with Crippen molar-refractivity contribution in [3.8, 4) is 0 Å². The van der Waals surface area contributed by atoms with Crippen LogP contribution in [0.5, 0.6) is 0 Å². The van der Waals surface area contributed by atoms with Crippen LogP contribution in [-0.4, -0.2) is 21.5 Å². The Labute approximate surface area is 120 Å². The van der Waals surface area contributed by atoms with Crippen molar-refractivity contribution in [2.45, 2.75) is 38.8 Å². The summed E-state index contributed by atoms with van der Waals surface area (Å²) in [6.45, 7) is 2.90. The van der Waals surface area contributed by atoms with E-state index in [0.717, 1.165) is 44.1 Å². The molecule has 3 rings (SSSR count). The molecule has 0 unspecified atom stereocenters. The van der Waals surface area contributed by atoms with Gasteiger partial charge in [0.05, 0.1) is 5.69 Å². The highest BCUT2D eigenvalue weighted by Gasteiger charge is 2.20. The SMILES string of the molecule is c1ccc(CCCn2cc(CNCC3CC3)nn2)cc1. The lowest BCUT2D eigenvalue weighted by molar-refractivity contribution is 0.558. The van der Waals surface area contributed by atoms with Crippen LogP contribution in [0.25, 0.3) is 0 Å². The molecule has 1 aliphatic carbocycles. The zero-order chi connectivity index (χ0) is 13.6. The fourth-order valence-electron chi connectivity index (χ4n) is 2.35. The second-order valence-electron chi connectivity index (χ2n) is 5.64. The average molecular weight is 270 g/mol. The highest BCUT2D eigenvalue weighted by Crippen LogP contribution is 2.27. The molecule has 0 saturated heterocycles. The van der Waals surface area contributed by atoms with Crippen molar-refractivity contribution in [2.24, 2.45) is 5.92 Å². The van der Waals surface area contributed by atoms with Crippen molar-refractivity contribution >= 4 is 0 Å². The molecule has 0 atom stereocenters. The Morgan fingerprint density at radius 2 is 2.05 bits per heavy atom. The fourth-order valence-corrected chi connectivity index (χ4v) is 2.35. The van der Waals surface area contributed by atoms with Crippen molar-refractivity contribution in [2.75, 3.05) is 6.54 Å². The molecule has 0 aliphatic heterocycles. The van der Waals surface area contributed by atoms with Gasteiger partial charge in [0.25, 0.3) is 0 Å². The summed E-state index contributed by atoms with van der Waals surface area (Å²) in [6.07, 6.45) is 7.03. The molecule has 0 spiro atoms. The summed E-state index contributed by atoms with van der Waals surface area (Å²) in [5.74, 6) is 0.913. The Kier molecular flexibility index (Phi) is 4.43. The zero-order valence-electron chi connectivity index (χ0n) is 11.8. The largest absolute Gasteiger partial charge is 0.311 e. The van der Waals surface area contributed by atoms with Crippen LogP contribution in [0, 0.1) is 5.92 Å². The van der Waals surface area contributed by atoms with Gasteiger partial charge < -0.3 is 5.32 Å². The van der Waals surface area contributed by atoms with Crippen LogP contribution in [0.15, 0.2) is 36.5 Å². The average Bonchev–Trinajstić information content (AvgIpc) is 3.19. The van der Waals surface area contributed by atoms with Crippen LogP contribution in [0.2, 0.25) is 0 Å². The van der Waals surface area contributed by atoms with Crippen molar-refractivity contribution in [1.82, 2.24) is 20.3 Å². The molecule has 0 amide bonds. The molecule has 0 radical (unpaired) electrons. The van der Waals surface area contributed by atoms with Gasteiger partial charge in [-0.3, -0.25) is 4.68 Å². The normalized spacial score (nSPS) is 14.6. The van der Waals surface area contributed by atoms with E-state index in [4.69, 9.17) is 0 Å². The van der Waals surface area contributed by atoms with Crippen molar-refractivity contribution in [1.29, 1.82) is 0 Å². The van der Waals surface area contributed by atoms with Gasteiger partial charge in [-0.2, -0.15) is 0 Å². The van der Waals surface area contributed by atoms with Crippen LogP contribution in [0.3, 0.4) is 0 Å². The Bertz CT molecular complexity index is 516. The predicted molar refractivity (Wildman–Crippen MR) is 79.2 cm³/mol. The summed E-state index contributed by atoms with van der Waals surface area (Å²) < 4.78 is 1.96. The summed E-state index contributed by atoms with van der Waals surface area (Å²) >= 11 is 0. The quantitative estimate of drug-likeness (QED) is 0.801. The highest BCUT2D eigenvalue weighted by molar-refractivity contribution is 5.14. The first-order valence-corrected chi connectivity index (χ1v) is 7.54. The van der Waals surface area contributed by atoms with Gasteiger partial charge >= 0.3 is 0 Å². The molecule has 1 saturated carbocycles. The molecule has 1 fully saturated rings. The third-order valence-electron chi connectivity index (χ3n) is 3.72. The number of hydrogen-bond acceptors (Lipinski definition) is 3. The van der Waals surface area contributed by atoms with Gasteiger partial charge in [0, 0.05) is 19.3 Å². The second kappa shape index (κ2) is 6.66. The lowest BCUT2D eigenvalue weighted by Crippen LogP contribution is -2.16. The van der Waals surface area contributed by atoms with Gasteiger partial charge in [-0.1, -0.05) is 35.5 Å². The van der Waals surface area contributed by atoms with E-state index in [0.29, 0.717) is 0 Å². The van der Waals surface area contributed by atoms with Crippen LogP contribution >= 0.6 is 0 Å². The predicted octanol–water partition coefficient (Wildman–Crippen LogP) is 2.41. The van der Waals surface area contributed by atoms with Crippen LogP contribution < -0.4 is 5.32 Å². The van der Waals surface area contributed by atoms with E-state index in [1.165, 1.54) is 18.4 Å². The molecule has 20 heavy (non-hydrogen) atoms. The van der Waals surface area contributed by atoms with Crippen LogP contribution in [0.4, 0.5) is 0 Å². The van der Waals surface area contributed by atoms with E-state index >= 15 is 0 Å².